The Hall–Kier alpha value is -0.400. The summed E-state index contributed by atoms with van der Waals surface area (Å²) in [5.74, 6) is -0.0748. The van der Waals surface area contributed by atoms with Crippen LogP contribution >= 0.6 is 27.3 Å². The maximum atomic E-state index is 11.6. The Morgan fingerprint density at radius 2 is 2.25 bits per heavy atom. The Morgan fingerprint density at radius 3 is 2.75 bits per heavy atom. The first kappa shape index (κ1) is 13.7. The van der Waals surface area contributed by atoms with Gasteiger partial charge in [0.05, 0.1) is 5.75 Å². The van der Waals surface area contributed by atoms with Crippen LogP contribution in [0.1, 0.15) is 16.1 Å². The number of rotatable bonds is 5. The highest BCUT2D eigenvalue weighted by molar-refractivity contribution is 9.10. The molecule has 0 fully saturated rings. The number of carbonyl (C=O) groups is 1. The lowest BCUT2D eigenvalue weighted by Crippen LogP contribution is -2.25. The second kappa shape index (κ2) is 5.79. The van der Waals surface area contributed by atoms with Crippen LogP contribution in [0.5, 0.6) is 0 Å². The molecule has 0 spiro atoms. The zero-order valence-electron chi connectivity index (χ0n) is 8.70. The minimum Gasteiger partial charge on any atom is -0.351 e. The van der Waals surface area contributed by atoms with Gasteiger partial charge in [0.15, 0.2) is 0 Å². The summed E-state index contributed by atoms with van der Waals surface area (Å²) in [5.41, 5.74) is 0. The molecule has 0 saturated carbocycles. The molecule has 0 aliphatic rings. The van der Waals surface area contributed by atoms with Crippen LogP contribution in [-0.2, 0) is 9.84 Å². The van der Waals surface area contributed by atoms with Crippen molar-refractivity contribution in [2.24, 2.45) is 0 Å². The van der Waals surface area contributed by atoms with Crippen molar-refractivity contribution in [2.75, 3.05) is 18.6 Å². The highest BCUT2D eigenvalue weighted by Gasteiger charge is 2.10. The molecule has 1 aromatic heterocycles. The highest BCUT2D eigenvalue weighted by atomic mass is 79.9. The van der Waals surface area contributed by atoms with E-state index in [2.05, 4.69) is 21.2 Å². The normalized spacial score (nSPS) is 11.4. The van der Waals surface area contributed by atoms with Gasteiger partial charge in [0.25, 0.3) is 5.91 Å². The Morgan fingerprint density at radius 1 is 1.56 bits per heavy atom. The van der Waals surface area contributed by atoms with Gasteiger partial charge in [0.2, 0.25) is 0 Å². The molecule has 7 heteroatoms. The first-order chi connectivity index (χ1) is 7.40. The fourth-order valence-electron chi connectivity index (χ4n) is 1.07. The smallest absolute Gasteiger partial charge is 0.262 e. The summed E-state index contributed by atoms with van der Waals surface area (Å²) in [4.78, 5) is 12.2. The van der Waals surface area contributed by atoms with Crippen LogP contribution < -0.4 is 5.32 Å². The van der Waals surface area contributed by atoms with Gasteiger partial charge >= 0.3 is 0 Å². The molecule has 1 rings (SSSR count). The van der Waals surface area contributed by atoms with E-state index in [4.69, 9.17) is 0 Å². The molecule has 0 aliphatic heterocycles. The fourth-order valence-corrected chi connectivity index (χ4v) is 3.21. The van der Waals surface area contributed by atoms with E-state index >= 15 is 0 Å². The van der Waals surface area contributed by atoms with Gasteiger partial charge in [0, 0.05) is 17.3 Å². The van der Waals surface area contributed by atoms with Crippen molar-refractivity contribution in [1.29, 1.82) is 0 Å². The number of thiophene rings is 1. The maximum Gasteiger partial charge on any atom is 0.262 e. The van der Waals surface area contributed by atoms with Crippen molar-refractivity contribution in [3.05, 3.63) is 20.8 Å². The van der Waals surface area contributed by atoms with Gasteiger partial charge in [-0.15, -0.1) is 11.3 Å². The average molecular weight is 326 g/mol. The predicted molar refractivity (Wildman–Crippen MR) is 68.7 cm³/mol. The molecule has 4 nitrogen and oxygen atoms in total. The third kappa shape index (κ3) is 4.63. The Bertz CT molecular complexity index is 467. The Kier molecular flexibility index (Phi) is 4.94. The summed E-state index contributed by atoms with van der Waals surface area (Å²) in [7, 11) is -2.94. The average Bonchev–Trinajstić information content (AvgIpc) is 2.57. The van der Waals surface area contributed by atoms with Crippen LogP contribution in [0.15, 0.2) is 15.9 Å². The molecule has 0 radical (unpaired) electrons. The van der Waals surface area contributed by atoms with Gasteiger partial charge in [-0.05, 0) is 33.8 Å². The first-order valence-electron chi connectivity index (χ1n) is 4.59. The van der Waals surface area contributed by atoms with E-state index in [9.17, 15) is 13.2 Å². The number of nitrogens with one attached hydrogen (secondary N) is 1. The number of carbonyl (C=O) groups excluding carboxylic acids is 1. The zero-order chi connectivity index (χ0) is 12.2. The van der Waals surface area contributed by atoms with Gasteiger partial charge in [-0.3, -0.25) is 4.79 Å². The van der Waals surface area contributed by atoms with Crippen LogP contribution in [0.2, 0.25) is 0 Å². The molecule has 0 aliphatic carbocycles. The molecule has 16 heavy (non-hydrogen) atoms. The Labute approximate surface area is 107 Å². The van der Waals surface area contributed by atoms with Crippen LogP contribution in [0.3, 0.4) is 0 Å². The van der Waals surface area contributed by atoms with Gasteiger partial charge in [-0.2, -0.15) is 0 Å². The van der Waals surface area contributed by atoms with Crippen LogP contribution in [0.4, 0.5) is 0 Å². The molecule has 0 saturated heterocycles. The largest absolute Gasteiger partial charge is 0.351 e. The molecule has 0 aromatic carbocycles. The van der Waals surface area contributed by atoms with Gasteiger partial charge in [0.1, 0.15) is 14.7 Å². The molecule has 0 unspecified atom stereocenters. The monoisotopic (exact) mass is 325 g/mol. The van der Waals surface area contributed by atoms with Gasteiger partial charge in [-0.1, -0.05) is 0 Å². The number of amides is 1. The lowest BCUT2D eigenvalue weighted by atomic mass is 10.4. The van der Waals surface area contributed by atoms with E-state index in [1.165, 1.54) is 17.6 Å². The molecule has 0 bridgehead atoms. The minimum absolute atomic E-state index is 0.0961. The Balaban J connectivity index is 2.35. The van der Waals surface area contributed by atoms with E-state index < -0.39 is 9.84 Å². The number of hydrogen-bond donors (Lipinski definition) is 1. The van der Waals surface area contributed by atoms with Gasteiger partial charge < -0.3 is 5.32 Å². The molecule has 90 valence electrons. The lowest BCUT2D eigenvalue weighted by Gasteiger charge is -2.03. The summed E-state index contributed by atoms with van der Waals surface area (Å²) in [6.45, 7) is 0.371. The number of halogens is 1. The molecule has 1 N–H and O–H groups in total. The molecular weight excluding hydrogens is 314 g/mol. The third-order valence-corrected chi connectivity index (χ3v) is 4.67. The van der Waals surface area contributed by atoms with E-state index in [-0.39, 0.29) is 11.7 Å². The molecular formula is C9H12BrNO3S2. The lowest BCUT2D eigenvalue weighted by molar-refractivity contribution is 0.0957. The van der Waals surface area contributed by atoms with E-state index in [0.29, 0.717) is 17.8 Å². The topological polar surface area (TPSA) is 63.2 Å². The highest BCUT2D eigenvalue weighted by Crippen LogP contribution is 2.22. The first-order valence-corrected chi connectivity index (χ1v) is 8.32. The van der Waals surface area contributed by atoms with Crippen molar-refractivity contribution in [3.63, 3.8) is 0 Å². The summed E-state index contributed by atoms with van der Waals surface area (Å²) >= 11 is 4.61. The summed E-state index contributed by atoms with van der Waals surface area (Å²) in [6.07, 6.45) is 1.62. The SMILES string of the molecule is CS(=O)(=O)CCCNC(=O)c1sccc1Br. The van der Waals surface area contributed by atoms with E-state index in [0.717, 1.165) is 4.47 Å². The van der Waals surface area contributed by atoms with Crippen LogP contribution in [-0.4, -0.2) is 32.9 Å². The van der Waals surface area contributed by atoms with Crippen LogP contribution in [0, 0.1) is 0 Å². The number of hydrogen-bond acceptors (Lipinski definition) is 4. The van der Waals surface area contributed by atoms with Crippen molar-refractivity contribution >= 4 is 43.0 Å². The fraction of sp³-hybridized carbons (Fsp3) is 0.444. The second-order valence-electron chi connectivity index (χ2n) is 3.34. The van der Waals surface area contributed by atoms with Crippen LogP contribution in [0.25, 0.3) is 0 Å². The number of sulfone groups is 1. The molecule has 1 heterocycles. The van der Waals surface area contributed by atoms with Crippen molar-refractivity contribution in [2.45, 2.75) is 6.42 Å². The maximum absolute atomic E-state index is 11.6. The minimum atomic E-state index is -2.94. The van der Waals surface area contributed by atoms with E-state index in [1.807, 2.05) is 5.38 Å². The quantitative estimate of drug-likeness (QED) is 0.838. The third-order valence-electron chi connectivity index (χ3n) is 1.80. The van der Waals surface area contributed by atoms with Crippen molar-refractivity contribution < 1.29 is 13.2 Å². The van der Waals surface area contributed by atoms with Crippen molar-refractivity contribution in [1.82, 2.24) is 5.32 Å². The molecule has 1 amide bonds. The predicted octanol–water partition coefficient (Wildman–Crippen LogP) is 1.68. The second-order valence-corrected chi connectivity index (χ2v) is 7.37. The van der Waals surface area contributed by atoms with E-state index in [1.54, 1.807) is 6.07 Å². The molecule has 1 aromatic rings. The summed E-state index contributed by atoms with van der Waals surface area (Å²) in [6, 6.07) is 1.80. The van der Waals surface area contributed by atoms with Gasteiger partial charge in [-0.25, -0.2) is 8.42 Å². The molecule has 0 atom stereocenters. The summed E-state index contributed by atoms with van der Waals surface area (Å²) in [5, 5.41) is 4.49. The zero-order valence-corrected chi connectivity index (χ0v) is 11.9. The van der Waals surface area contributed by atoms with Crippen molar-refractivity contribution in [3.8, 4) is 0 Å². The summed E-state index contributed by atoms with van der Waals surface area (Å²) < 4.78 is 22.4. The standard InChI is InChI=1S/C9H12BrNO3S2/c1-16(13,14)6-2-4-11-9(12)8-7(10)3-5-15-8/h3,5H,2,4,6H2,1H3,(H,11,12).